The van der Waals surface area contributed by atoms with Crippen molar-refractivity contribution in [3.8, 4) is 0 Å². The summed E-state index contributed by atoms with van der Waals surface area (Å²) in [4.78, 5) is 14.9. The molecule has 28 heavy (non-hydrogen) atoms. The van der Waals surface area contributed by atoms with E-state index < -0.39 is 10.0 Å². The number of benzene rings is 2. The molecule has 0 unspecified atom stereocenters. The van der Waals surface area contributed by atoms with E-state index in [2.05, 4.69) is 0 Å². The van der Waals surface area contributed by atoms with Gasteiger partial charge in [0.2, 0.25) is 0 Å². The molecule has 6 heteroatoms. The van der Waals surface area contributed by atoms with Crippen LogP contribution in [0.5, 0.6) is 0 Å². The number of hydrogen-bond acceptors (Lipinski definition) is 3. The third kappa shape index (κ3) is 3.78. The number of carbonyl (C=O) groups is 1. The van der Waals surface area contributed by atoms with E-state index in [9.17, 15) is 13.2 Å². The Morgan fingerprint density at radius 3 is 2.36 bits per heavy atom. The molecule has 1 aliphatic heterocycles. The van der Waals surface area contributed by atoms with E-state index in [1.165, 1.54) is 10.4 Å². The number of sulfonamides is 1. The minimum absolute atomic E-state index is 0.0294. The van der Waals surface area contributed by atoms with Crippen molar-refractivity contribution in [2.45, 2.75) is 57.5 Å². The first-order chi connectivity index (χ1) is 13.2. The molecule has 0 radical (unpaired) electrons. The molecule has 2 aromatic rings. The molecule has 0 bridgehead atoms. The number of para-hydroxylation sites is 1. The van der Waals surface area contributed by atoms with Gasteiger partial charge < -0.3 is 4.90 Å². The molecule has 1 amide bonds. The fourth-order valence-electron chi connectivity index (χ4n) is 3.88. The van der Waals surface area contributed by atoms with E-state index in [0.717, 1.165) is 24.1 Å². The van der Waals surface area contributed by atoms with Crippen molar-refractivity contribution in [3.63, 3.8) is 0 Å². The first kappa shape index (κ1) is 20.4. The monoisotopic (exact) mass is 400 g/mol. The highest BCUT2D eigenvalue weighted by molar-refractivity contribution is 7.92. The van der Waals surface area contributed by atoms with Crippen LogP contribution in [-0.2, 0) is 16.4 Å². The number of fused-ring (bicyclic) bond motifs is 1. The summed E-state index contributed by atoms with van der Waals surface area (Å²) in [6.07, 6.45) is 1.65. The van der Waals surface area contributed by atoms with Gasteiger partial charge in [-0.2, -0.15) is 0 Å². The molecule has 2 aromatic carbocycles. The second-order valence-corrected chi connectivity index (χ2v) is 9.60. The maximum absolute atomic E-state index is 13.4. The summed E-state index contributed by atoms with van der Waals surface area (Å²) in [5.41, 5.74) is 2.17. The number of rotatable bonds is 5. The summed E-state index contributed by atoms with van der Waals surface area (Å²) in [5, 5.41) is 0. The number of hydrogen-bond donors (Lipinski definition) is 0. The summed E-state index contributed by atoms with van der Waals surface area (Å²) in [6.45, 7) is 8.29. The van der Waals surface area contributed by atoms with E-state index in [-0.39, 0.29) is 22.9 Å². The van der Waals surface area contributed by atoms with Gasteiger partial charge in [-0.25, -0.2) is 8.42 Å². The van der Waals surface area contributed by atoms with E-state index >= 15 is 0 Å². The van der Waals surface area contributed by atoms with Crippen molar-refractivity contribution in [1.82, 2.24) is 4.90 Å². The van der Waals surface area contributed by atoms with Gasteiger partial charge in [-0.3, -0.25) is 9.10 Å². The van der Waals surface area contributed by atoms with Gasteiger partial charge in [0.05, 0.1) is 10.6 Å². The van der Waals surface area contributed by atoms with Crippen LogP contribution in [0.2, 0.25) is 0 Å². The average molecular weight is 401 g/mol. The molecule has 0 N–H and O–H groups in total. The fraction of sp³-hybridized carbons (Fsp3) is 0.409. The predicted octanol–water partition coefficient (Wildman–Crippen LogP) is 4.09. The molecule has 0 saturated heterocycles. The highest BCUT2D eigenvalue weighted by Gasteiger charge is 2.30. The van der Waals surface area contributed by atoms with E-state index in [0.29, 0.717) is 12.1 Å². The van der Waals surface area contributed by atoms with Gasteiger partial charge in [0.1, 0.15) is 0 Å². The summed E-state index contributed by atoms with van der Waals surface area (Å²) < 4.78 is 28.2. The molecule has 5 nitrogen and oxygen atoms in total. The van der Waals surface area contributed by atoms with Gasteiger partial charge >= 0.3 is 0 Å². The Morgan fingerprint density at radius 2 is 1.68 bits per heavy atom. The van der Waals surface area contributed by atoms with Crippen LogP contribution in [-0.4, -0.2) is 37.9 Å². The second kappa shape index (κ2) is 7.95. The smallest absolute Gasteiger partial charge is 0.264 e. The van der Waals surface area contributed by atoms with Crippen LogP contribution in [0.1, 0.15) is 50.0 Å². The molecule has 0 saturated carbocycles. The van der Waals surface area contributed by atoms with Crippen molar-refractivity contribution in [2.24, 2.45) is 0 Å². The second-order valence-electron chi connectivity index (χ2n) is 7.74. The molecule has 0 aromatic heterocycles. The Kier molecular flexibility index (Phi) is 5.79. The maximum atomic E-state index is 13.4. The van der Waals surface area contributed by atoms with Gasteiger partial charge in [-0.15, -0.1) is 0 Å². The molecule has 1 aliphatic rings. The third-order valence-corrected chi connectivity index (χ3v) is 6.89. The van der Waals surface area contributed by atoms with Crippen LogP contribution >= 0.6 is 0 Å². The number of carbonyl (C=O) groups excluding carboxylic acids is 1. The summed E-state index contributed by atoms with van der Waals surface area (Å²) >= 11 is 0. The van der Waals surface area contributed by atoms with E-state index in [4.69, 9.17) is 0 Å². The highest BCUT2D eigenvalue weighted by atomic mass is 32.2. The Bertz CT molecular complexity index is 959. The first-order valence-electron chi connectivity index (χ1n) is 9.77. The lowest BCUT2D eigenvalue weighted by Gasteiger charge is -2.32. The van der Waals surface area contributed by atoms with Gasteiger partial charge in [-0.05, 0) is 70.4 Å². The lowest BCUT2D eigenvalue weighted by Crippen LogP contribution is -2.42. The van der Waals surface area contributed by atoms with E-state index in [1.54, 1.807) is 23.1 Å². The molecular formula is C22H28N2O3S. The van der Waals surface area contributed by atoms with Gasteiger partial charge in [-0.1, -0.05) is 24.3 Å². The fourth-order valence-corrected chi connectivity index (χ4v) is 5.47. The number of amides is 1. The minimum Gasteiger partial charge on any atom is -0.334 e. The third-order valence-electron chi connectivity index (χ3n) is 5.08. The van der Waals surface area contributed by atoms with Crippen LogP contribution in [0, 0.1) is 0 Å². The molecule has 0 fully saturated rings. The number of nitrogens with zero attached hydrogens (tertiary/aromatic N) is 2. The SMILES string of the molecule is CC(C)N(C(=O)c1cccc(S(=O)(=O)N2CCCc3ccccc32)c1)C(C)C. The molecule has 3 rings (SSSR count). The van der Waals surface area contributed by atoms with Gasteiger partial charge in [0.25, 0.3) is 15.9 Å². The Hall–Kier alpha value is -2.34. The first-order valence-corrected chi connectivity index (χ1v) is 11.2. The zero-order chi connectivity index (χ0) is 20.5. The molecule has 0 spiro atoms. The topological polar surface area (TPSA) is 57.7 Å². The highest BCUT2D eigenvalue weighted by Crippen LogP contribution is 2.32. The summed E-state index contributed by atoms with van der Waals surface area (Å²) in [6, 6.07) is 14.1. The number of anilines is 1. The van der Waals surface area contributed by atoms with Crippen molar-refractivity contribution in [3.05, 3.63) is 59.7 Å². The molecule has 150 valence electrons. The lowest BCUT2D eigenvalue weighted by molar-refractivity contribution is 0.0643. The number of aryl methyl sites for hydroxylation is 1. The Balaban J connectivity index is 1.99. The lowest BCUT2D eigenvalue weighted by atomic mass is 10.0. The van der Waals surface area contributed by atoms with Crippen LogP contribution < -0.4 is 4.31 Å². The molecule has 1 heterocycles. The normalized spacial score (nSPS) is 14.3. The molecule has 0 atom stereocenters. The van der Waals surface area contributed by atoms with E-state index in [1.807, 2.05) is 52.0 Å². The largest absolute Gasteiger partial charge is 0.334 e. The Morgan fingerprint density at radius 1 is 1.00 bits per heavy atom. The molecule has 0 aliphatic carbocycles. The summed E-state index contributed by atoms with van der Waals surface area (Å²) in [7, 11) is -3.74. The van der Waals surface area contributed by atoms with Crippen molar-refractivity contribution in [1.29, 1.82) is 0 Å². The van der Waals surface area contributed by atoms with Crippen molar-refractivity contribution < 1.29 is 13.2 Å². The van der Waals surface area contributed by atoms with Crippen LogP contribution in [0.25, 0.3) is 0 Å². The minimum atomic E-state index is -3.74. The average Bonchev–Trinajstić information content (AvgIpc) is 2.67. The van der Waals surface area contributed by atoms with Crippen LogP contribution in [0.3, 0.4) is 0 Å². The summed E-state index contributed by atoms with van der Waals surface area (Å²) in [5.74, 6) is -0.152. The van der Waals surface area contributed by atoms with Crippen LogP contribution in [0.15, 0.2) is 53.4 Å². The van der Waals surface area contributed by atoms with Gasteiger partial charge in [0, 0.05) is 24.2 Å². The zero-order valence-corrected chi connectivity index (χ0v) is 17.7. The van der Waals surface area contributed by atoms with Crippen LogP contribution in [0.4, 0.5) is 5.69 Å². The van der Waals surface area contributed by atoms with Gasteiger partial charge in [0.15, 0.2) is 0 Å². The van der Waals surface area contributed by atoms with Crippen molar-refractivity contribution >= 4 is 21.6 Å². The Labute approximate surface area is 168 Å². The van der Waals surface area contributed by atoms with Crippen molar-refractivity contribution in [2.75, 3.05) is 10.8 Å². The standard InChI is InChI=1S/C22H28N2O3S/c1-16(2)24(17(3)4)22(25)19-10-7-12-20(15-19)28(26,27)23-14-8-11-18-9-5-6-13-21(18)23/h5-7,9-10,12-13,15-17H,8,11,14H2,1-4H3. The maximum Gasteiger partial charge on any atom is 0.264 e. The molecular weight excluding hydrogens is 372 g/mol. The predicted molar refractivity (Wildman–Crippen MR) is 112 cm³/mol. The zero-order valence-electron chi connectivity index (χ0n) is 16.9. The quantitative estimate of drug-likeness (QED) is 0.760.